The molecular formula is C15H28N2O. The Labute approximate surface area is 112 Å². The largest absolute Gasteiger partial charge is 0.337 e. The van der Waals surface area contributed by atoms with E-state index in [9.17, 15) is 4.79 Å². The highest BCUT2D eigenvalue weighted by Crippen LogP contribution is 2.32. The second kappa shape index (κ2) is 5.20. The molecule has 1 amide bonds. The van der Waals surface area contributed by atoms with Crippen LogP contribution in [0.25, 0.3) is 0 Å². The third-order valence-electron chi connectivity index (χ3n) is 4.63. The van der Waals surface area contributed by atoms with Crippen molar-refractivity contribution >= 4 is 5.91 Å². The van der Waals surface area contributed by atoms with Gasteiger partial charge in [0.25, 0.3) is 0 Å². The molecule has 0 radical (unpaired) electrons. The Kier molecular flexibility index (Phi) is 4.00. The number of nitrogens with zero attached hydrogens (tertiary/aromatic N) is 2. The van der Waals surface area contributed by atoms with Crippen molar-refractivity contribution in [2.75, 3.05) is 13.1 Å². The number of carbonyl (C=O) groups excluding carboxylic acids is 1. The van der Waals surface area contributed by atoms with Gasteiger partial charge in [-0.1, -0.05) is 0 Å². The van der Waals surface area contributed by atoms with Crippen molar-refractivity contribution in [2.24, 2.45) is 0 Å². The lowest BCUT2D eigenvalue weighted by atomic mass is 9.92. The van der Waals surface area contributed by atoms with E-state index in [4.69, 9.17) is 0 Å². The van der Waals surface area contributed by atoms with Crippen molar-refractivity contribution in [3.8, 4) is 0 Å². The van der Waals surface area contributed by atoms with Gasteiger partial charge in [-0.2, -0.15) is 0 Å². The molecule has 18 heavy (non-hydrogen) atoms. The molecule has 0 aromatic rings. The van der Waals surface area contributed by atoms with E-state index in [0.29, 0.717) is 18.0 Å². The van der Waals surface area contributed by atoms with Crippen LogP contribution in [0.1, 0.15) is 59.8 Å². The number of rotatable bonds is 4. The van der Waals surface area contributed by atoms with Crippen LogP contribution in [0.2, 0.25) is 0 Å². The van der Waals surface area contributed by atoms with Crippen LogP contribution in [-0.2, 0) is 4.79 Å². The average molecular weight is 252 g/mol. The van der Waals surface area contributed by atoms with Crippen molar-refractivity contribution < 1.29 is 4.79 Å². The van der Waals surface area contributed by atoms with Gasteiger partial charge < -0.3 is 4.90 Å². The van der Waals surface area contributed by atoms with E-state index in [1.54, 1.807) is 0 Å². The normalized spacial score (nSPS) is 26.6. The maximum atomic E-state index is 11.9. The molecule has 0 spiro atoms. The predicted molar refractivity (Wildman–Crippen MR) is 74.5 cm³/mol. The highest BCUT2D eigenvalue weighted by Gasteiger charge is 2.38. The Morgan fingerprint density at radius 2 is 1.89 bits per heavy atom. The SMILES string of the molecule is CC(C)N1C(=O)CCC1CC(C)(C)N1CCCC1. The minimum atomic E-state index is 0.235. The van der Waals surface area contributed by atoms with Crippen LogP contribution in [0, 0.1) is 0 Å². The molecular weight excluding hydrogens is 224 g/mol. The van der Waals surface area contributed by atoms with E-state index in [-0.39, 0.29) is 5.54 Å². The number of amides is 1. The fourth-order valence-corrected chi connectivity index (χ4v) is 3.70. The van der Waals surface area contributed by atoms with Crippen LogP contribution in [0.4, 0.5) is 0 Å². The van der Waals surface area contributed by atoms with Gasteiger partial charge in [-0.05, 0) is 66.5 Å². The quantitative estimate of drug-likeness (QED) is 0.768. The summed E-state index contributed by atoms with van der Waals surface area (Å²) in [5, 5.41) is 0. The van der Waals surface area contributed by atoms with Gasteiger partial charge in [-0.15, -0.1) is 0 Å². The molecule has 2 rings (SSSR count). The summed E-state index contributed by atoms with van der Waals surface area (Å²) in [4.78, 5) is 16.7. The van der Waals surface area contributed by atoms with Gasteiger partial charge >= 0.3 is 0 Å². The molecule has 2 fully saturated rings. The topological polar surface area (TPSA) is 23.6 Å². The molecule has 2 aliphatic rings. The maximum absolute atomic E-state index is 11.9. The van der Waals surface area contributed by atoms with E-state index in [1.807, 2.05) is 0 Å². The first-order valence-corrected chi connectivity index (χ1v) is 7.48. The first-order valence-electron chi connectivity index (χ1n) is 7.48. The van der Waals surface area contributed by atoms with Crippen LogP contribution in [0.3, 0.4) is 0 Å². The molecule has 1 atom stereocenters. The molecule has 0 saturated carbocycles. The first-order chi connectivity index (χ1) is 8.42. The number of carbonyl (C=O) groups is 1. The van der Waals surface area contributed by atoms with Gasteiger partial charge in [-0.25, -0.2) is 0 Å². The van der Waals surface area contributed by atoms with Crippen molar-refractivity contribution in [3.05, 3.63) is 0 Å². The lowest BCUT2D eigenvalue weighted by Gasteiger charge is -2.40. The molecule has 2 aliphatic heterocycles. The molecule has 3 heteroatoms. The van der Waals surface area contributed by atoms with Gasteiger partial charge in [0.15, 0.2) is 0 Å². The lowest BCUT2D eigenvalue weighted by Crippen LogP contribution is -2.48. The summed E-state index contributed by atoms with van der Waals surface area (Å²) in [7, 11) is 0. The number of hydrogen-bond acceptors (Lipinski definition) is 2. The average Bonchev–Trinajstić information content (AvgIpc) is 2.87. The second-order valence-electron chi connectivity index (χ2n) is 6.80. The van der Waals surface area contributed by atoms with Gasteiger partial charge in [0.05, 0.1) is 0 Å². The molecule has 0 bridgehead atoms. The number of likely N-dealkylation sites (tertiary alicyclic amines) is 2. The van der Waals surface area contributed by atoms with Crippen LogP contribution in [0.5, 0.6) is 0 Å². The Hall–Kier alpha value is -0.570. The summed E-state index contributed by atoms with van der Waals surface area (Å²) in [6.07, 6.45) is 5.59. The minimum Gasteiger partial charge on any atom is -0.337 e. The zero-order valence-electron chi connectivity index (χ0n) is 12.4. The third-order valence-corrected chi connectivity index (χ3v) is 4.63. The summed E-state index contributed by atoms with van der Waals surface area (Å²) in [6.45, 7) is 11.4. The summed E-state index contributed by atoms with van der Waals surface area (Å²) in [5.74, 6) is 0.354. The van der Waals surface area contributed by atoms with Crippen molar-refractivity contribution in [1.82, 2.24) is 9.80 Å². The zero-order valence-corrected chi connectivity index (χ0v) is 12.4. The number of hydrogen-bond donors (Lipinski definition) is 0. The Morgan fingerprint density at radius 1 is 1.28 bits per heavy atom. The maximum Gasteiger partial charge on any atom is 0.223 e. The van der Waals surface area contributed by atoms with Crippen molar-refractivity contribution in [3.63, 3.8) is 0 Å². The fourth-order valence-electron chi connectivity index (χ4n) is 3.70. The first kappa shape index (κ1) is 13.9. The summed E-state index contributed by atoms with van der Waals surface area (Å²) >= 11 is 0. The molecule has 0 aromatic carbocycles. The van der Waals surface area contributed by atoms with E-state index in [0.717, 1.165) is 19.3 Å². The molecule has 2 saturated heterocycles. The lowest BCUT2D eigenvalue weighted by molar-refractivity contribution is -0.131. The van der Waals surface area contributed by atoms with Crippen LogP contribution in [-0.4, -0.2) is 46.4 Å². The second-order valence-corrected chi connectivity index (χ2v) is 6.80. The molecule has 0 aromatic heterocycles. The van der Waals surface area contributed by atoms with E-state index < -0.39 is 0 Å². The summed E-state index contributed by atoms with van der Waals surface area (Å²) in [6, 6.07) is 0.799. The van der Waals surface area contributed by atoms with Gasteiger partial charge in [0.2, 0.25) is 5.91 Å². The van der Waals surface area contributed by atoms with E-state index in [1.165, 1.54) is 25.9 Å². The van der Waals surface area contributed by atoms with Gasteiger partial charge in [-0.3, -0.25) is 9.69 Å². The van der Waals surface area contributed by atoms with Gasteiger partial charge in [0.1, 0.15) is 0 Å². The Balaban J connectivity index is 2.01. The zero-order chi connectivity index (χ0) is 13.3. The summed E-state index contributed by atoms with van der Waals surface area (Å²) < 4.78 is 0. The molecule has 2 heterocycles. The van der Waals surface area contributed by atoms with Crippen LogP contribution < -0.4 is 0 Å². The van der Waals surface area contributed by atoms with Gasteiger partial charge in [0, 0.05) is 24.0 Å². The van der Waals surface area contributed by atoms with Crippen LogP contribution in [0.15, 0.2) is 0 Å². The minimum absolute atomic E-state index is 0.235. The smallest absolute Gasteiger partial charge is 0.223 e. The molecule has 104 valence electrons. The molecule has 1 unspecified atom stereocenters. The molecule has 0 N–H and O–H groups in total. The molecule has 3 nitrogen and oxygen atoms in total. The van der Waals surface area contributed by atoms with E-state index in [2.05, 4.69) is 37.5 Å². The highest BCUT2D eigenvalue weighted by molar-refractivity contribution is 5.79. The molecule has 0 aliphatic carbocycles. The van der Waals surface area contributed by atoms with Crippen LogP contribution >= 0.6 is 0 Å². The third kappa shape index (κ3) is 2.71. The highest BCUT2D eigenvalue weighted by atomic mass is 16.2. The van der Waals surface area contributed by atoms with E-state index >= 15 is 0 Å². The van der Waals surface area contributed by atoms with Crippen molar-refractivity contribution in [2.45, 2.75) is 77.4 Å². The van der Waals surface area contributed by atoms with Crippen molar-refractivity contribution in [1.29, 1.82) is 0 Å². The Morgan fingerprint density at radius 3 is 2.44 bits per heavy atom. The Bertz CT molecular complexity index is 306. The predicted octanol–water partition coefficient (Wildman–Crippen LogP) is 2.65. The fraction of sp³-hybridized carbons (Fsp3) is 0.933. The monoisotopic (exact) mass is 252 g/mol. The summed E-state index contributed by atoms with van der Waals surface area (Å²) in [5.41, 5.74) is 0.235. The standard InChI is InChI=1S/C15H28N2O/c1-12(2)17-13(7-8-14(17)18)11-15(3,4)16-9-5-6-10-16/h12-13H,5-11H2,1-4H3.